The van der Waals surface area contributed by atoms with E-state index in [0.29, 0.717) is 17.6 Å². The van der Waals surface area contributed by atoms with E-state index in [1.54, 1.807) is 24.3 Å². The molecule has 0 spiro atoms. The van der Waals surface area contributed by atoms with Gasteiger partial charge < -0.3 is 10.6 Å². The fourth-order valence-corrected chi connectivity index (χ4v) is 2.78. The third-order valence-corrected chi connectivity index (χ3v) is 4.08. The van der Waals surface area contributed by atoms with Gasteiger partial charge in [-0.1, -0.05) is 12.1 Å². The molecular weight excluding hydrogens is 406 g/mol. The van der Waals surface area contributed by atoms with Gasteiger partial charge in [-0.05, 0) is 74.1 Å². The highest BCUT2D eigenvalue weighted by molar-refractivity contribution is 7.80. The SMILES string of the molecule is Cc1cc(C)nc(NC(=NCc2ccc(F)cc2)NC(=S)Nc2ccc(F)cc2)n1. The molecule has 3 N–H and O–H groups in total. The minimum atomic E-state index is -0.338. The zero-order valence-corrected chi connectivity index (χ0v) is 17.2. The lowest BCUT2D eigenvalue weighted by Gasteiger charge is -2.14. The first-order valence-electron chi connectivity index (χ1n) is 9.09. The first kappa shape index (κ1) is 21.3. The number of anilines is 2. The van der Waals surface area contributed by atoms with Crippen molar-refractivity contribution in [3.63, 3.8) is 0 Å². The summed E-state index contributed by atoms with van der Waals surface area (Å²) in [7, 11) is 0. The molecule has 0 aliphatic heterocycles. The molecule has 6 nitrogen and oxygen atoms in total. The molecule has 0 amide bonds. The van der Waals surface area contributed by atoms with Crippen LogP contribution < -0.4 is 16.0 Å². The summed E-state index contributed by atoms with van der Waals surface area (Å²) in [4.78, 5) is 13.2. The Kier molecular flexibility index (Phi) is 6.97. The van der Waals surface area contributed by atoms with Crippen LogP contribution in [0.3, 0.4) is 0 Å². The highest BCUT2D eigenvalue weighted by Crippen LogP contribution is 2.09. The van der Waals surface area contributed by atoms with Gasteiger partial charge >= 0.3 is 0 Å². The van der Waals surface area contributed by atoms with Crippen molar-refractivity contribution in [2.45, 2.75) is 20.4 Å². The molecular formula is C21H20F2N6S. The molecule has 30 heavy (non-hydrogen) atoms. The van der Waals surface area contributed by atoms with Crippen molar-refractivity contribution in [1.29, 1.82) is 0 Å². The van der Waals surface area contributed by atoms with Crippen molar-refractivity contribution in [3.8, 4) is 0 Å². The Morgan fingerprint density at radius 3 is 2.07 bits per heavy atom. The molecule has 3 rings (SSSR count). The first-order chi connectivity index (χ1) is 14.4. The van der Waals surface area contributed by atoms with E-state index in [1.165, 1.54) is 24.3 Å². The fourth-order valence-electron chi connectivity index (χ4n) is 2.56. The van der Waals surface area contributed by atoms with Crippen molar-refractivity contribution in [2.75, 3.05) is 10.6 Å². The predicted molar refractivity (Wildman–Crippen MR) is 118 cm³/mol. The molecule has 0 radical (unpaired) electrons. The van der Waals surface area contributed by atoms with Crippen molar-refractivity contribution < 1.29 is 8.78 Å². The minimum absolute atomic E-state index is 0.247. The summed E-state index contributed by atoms with van der Waals surface area (Å²) in [5, 5.41) is 9.19. The molecule has 0 atom stereocenters. The molecule has 0 saturated carbocycles. The number of nitrogens with one attached hydrogen (secondary N) is 3. The van der Waals surface area contributed by atoms with Gasteiger partial charge in [-0.25, -0.2) is 23.7 Å². The van der Waals surface area contributed by atoms with E-state index in [-0.39, 0.29) is 23.3 Å². The summed E-state index contributed by atoms with van der Waals surface area (Å²) in [5.41, 5.74) is 3.04. The van der Waals surface area contributed by atoms with Crippen LogP contribution in [0.2, 0.25) is 0 Å². The number of aromatic nitrogens is 2. The predicted octanol–water partition coefficient (Wildman–Crippen LogP) is 4.33. The van der Waals surface area contributed by atoms with E-state index < -0.39 is 0 Å². The third-order valence-electron chi connectivity index (χ3n) is 3.88. The minimum Gasteiger partial charge on any atom is -0.332 e. The zero-order chi connectivity index (χ0) is 21.5. The standard InChI is InChI=1S/C21H20F2N6S/c1-13-11-14(2)26-20(25-13)28-19(24-12-15-3-5-16(22)6-4-15)29-21(30)27-18-9-7-17(23)8-10-18/h3-11H,12H2,1-2H3,(H3,24,25,26,27,28,29,30). The summed E-state index contributed by atoms with van der Waals surface area (Å²) < 4.78 is 26.2. The molecule has 154 valence electrons. The highest BCUT2D eigenvalue weighted by atomic mass is 32.1. The Labute approximate surface area is 178 Å². The lowest BCUT2D eigenvalue weighted by atomic mass is 10.2. The second-order valence-corrected chi connectivity index (χ2v) is 6.88. The number of halogens is 2. The molecule has 0 fully saturated rings. The number of aryl methyl sites for hydroxylation is 2. The first-order valence-corrected chi connectivity index (χ1v) is 9.50. The second-order valence-electron chi connectivity index (χ2n) is 6.48. The van der Waals surface area contributed by atoms with Gasteiger partial charge in [0.1, 0.15) is 11.6 Å². The monoisotopic (exact) mass is 426 g/mol. The van der Waals surface area contributed by atoms with Gasteiger partial charge in [0.15, 0.2) is 5.11 Å². The Bertz CT molecular complexity index is 1030. The summed E-state index contributed by atoms with van der Waals surface area (Å²) in [6.45, 7) is 4.01. The summed E-state index contributed by atoms with van der Waals surface area (Å²) in [6.07, 6.45) is 0. The van der Waals surface area contributed by atoms with E-state index >= 15 is 0 Å². The van der Waals surface area contributed by atoms with Crippen LogP contribution >= 0.6 is 12.2 Å². The quantitative estimate of drug-likeness (QED) is 0.328. The van der Waals surface area contributed by atoms with Crippen LogP contribution in [0.4, 0.5) is 20.4 Å². The van der Waals surface area contributed by atoms with Crippen LogP contribution in [0.25, 0.3) is 0 Å². The number of thiocarbonyl (C=S) groups is 1. The molecule has 0 unspecified atom stereocenters. The van der Waals surface area contributed by atoms with E-state index in [0.717, 1.165) is 17.0 Å². The normalized spacial score (nSPS) is 11.1. The third kappa shape index (κ3) is 6.56. The lowest BCUT2D eigenvalue weighted by Crippen LogP contribution is -2.39. The van der Waals surface area contributed by atoms with Crippen molar-refractivity contribution >= 4 is 34.9 Å². The molecule has 2 aromatic carbocycles. The summed E-state index contributed by atoms with van der Waals surface area (Å²) in [5.74, 6) is 0.0218. The van der Waals surface area contributed by atoms with E-state index in [9.17, 15) is 8.78 Å². The highest BCUT2D eigenvalue weighted by Gasteiger charge is 2.08. The number of aliphatic imine (C=N–C) groups is 1. The Morgan fingerprint density at radius 2 is 1.47 bits per heavy atom. The van der Waals surface area contributed by atoms with Gasteiger partial charge in [-0.15, -0.1) is 0 Å². The topological polar surface area (TPSA) is 74.2 Å². The van der Waals surface area contributed by atoms with Gasteiger partial charge in [-0.2, -0.15) is 0 Å². The maximum Gasteiger partial charge on any atom is 0.229 e. The van der Waals surface area contributed by atoms with Gasteiger partial charge in [0.05, 0.1) is 6.54 Å². The molecule has 0 aliphatic rings. The van der Waals surface area contributed by atoms with Crippen molar-refractivity contribution in [1.82, 2.24) is 15.3 Å². The molecule has 0 bridgehead atoms. The average Bonchev–Trinajstić information content (AvgIpc) is 2.68. The number of guanidine groups is 1. The number of hydrogen-bond donors (Lipinski definition) is 3. The van der Waals surface area contributed by atoms with Gasteiger partial charge in [-0.3, -0.25) is 5.32 Å². The van der Waals surface area contributed by atoms with Crippen LogP contribution in [0.15, 0.2) is 59.6 Å². The maximum atomic E-state index is 13.1. The largest absolute Gasteiger partial charge is 0.332 e. The van der Waals surface area contributed by atoms with Gasteiger partial charge in [0.2, 0.25) is 11.9 Å². The Balaban J connectivity index is 1.76. The number of benzene rings is 2. The molecule has 9 heteroatoms. The van der Waals surface area contributed by atoms with Crippen molar-refractivity contribution in [3.05, 3.63) is 83.2 Å². The summed E-state index contributed by atoms with van der Waals surface area (Å²) >= 11 is 5.33. The smallest absolute Gasteiger partial charge is 0.229 e. The summed E-state index contributed by atoms with van der Waals surface area (Å²) in [6, 6.07) is 13.7. The maximum absolute atomic E-state index is 13.1. The van der Waals surface area contributed by atoms with E-state index in [1.807, 2.05) is 19.9 Å². The zero-order valence-electron chi connectivity index (χ0n) is 16.4. The second kappa shape index (κ2) is 9.84. The molecule has 1 aromatic heterocycles. The molecule has 0 saturated heterocycles. The Morgan fingerprint density at radius 1 is 0.900 bits per heavy atom. The molecule has 0 aliphatic carbocycles. The van der Waals surface area contributed by atoms with Crippen LogP contribution in [0.5, 0.6) is 0 Å². The average molecular weight is 426 g/mol. The number of hydrogen-bond acceptors (Lipinski definition) is 4. The van der Waals surface area contributed by atoms with Crippen LogP contribution in [0.1, 0.15) is 17.0 Å². The van der Waals surface area contributed by atoms with E-state index in [2.05, 4.69) is 30.9 Å². The van der Waals surface area contributed by atoms with Crippen molar-refractivity contribution in [2.24, 2.45) is 4.99 Å². The van der Waals surface area contributed by atoms with Gasteiger partial charge in [0, 0.05) is 17.1 Å². The molecule has 1 heterocycles. The fraction of sp³-hybridized carbons (Fsp3) is 0.143. The van der Waals surface area contributed by atoms with Crippen LogP contribution in [0, 0.1) is 25.5 Å². The number of rotatable bonds is 4. The number of nitrogens with zero attached hydrogens (tertiary/aromatic N) is 3. The Hall–Kier alpha value is -3.46. The van der Waals surface area contributed by atoms with Gasteiger partial charge in [0.25, 0.3) is 0 Å². The van der Waals surface area contributed by atoms with Crippen LogP contribution in [-0.4, -0.2) is 21.0 Å². The van der Waals surface area contributed by atoms with E-state index in [4.69, 9.17) is 12.2 Å². The lowest BCUT2D eigenvalue weighted by molar-refractivity contribution is 0.627. The molecule has 3 aromatic rings. The van der Waals surface area contributed by atoms with Crippen LogP contribution in [-0.2, 0) is 6.54 Å².